The fourth-order valence-electron chi connectivity index (χ4n) is 3.14. The number of amides is 1. The van der Waals surface area contributed by atoms with Crippen molar-refractivity contribution >= 4 is 17.5 Å². The summed E-state index contributed by atoms with van der Waals surface area (Å²) in [7, 11) is 0. The highest BCUT2D eigenvalue weighted by Gasteiger charge is 2.31. The van der Waals surface area contributed by atoms with Crippen LogP contribution in [0.1, 0.15) is 66.3 Å². The standard InChI is InChI=1S/C23H24ClN3O3/c1-14(2)20(23-26-21(27-30-23)16-9-10-16)25-22(28)17-6-4-8-19(12-17)29-13-15-5-3-7-18(24)11-15/h3-8,11-12,14,16,20H,9-10,13H2,1-2H3,(H,25,28). The lowest BCUT2D eigenvalue weighted by Crippen LogP contribution is -2.32. The molecular formula is C23H24ClN3O3. The first-order valence-corrected chi connectivity index (χ1v) is 10.5. The molecule has 1 saturated carbocycles. The van der Waals surface area contributed by atoms with Crippen LogP contribution >= 0.6 is 11.6 Å². The van der Waals surface area contributed by atoms with Crippen LogP contribution in [0.25, 0.3) is 0 Å². The molecule has 0 radical (unpaired) electrons. The molecule has 1 aromatic heterocycles. The Kier molecular flexibility index (Phi) is 6.04. The highest BCUT2D eigenvalue weighted by Crippen LogP contribution is 2.38. The number of benzene rings is 2. The van der Waals surface area contributed by atoms with Gasteiger partial charge in [0.15, 0.2) is 5.82 Å². The third-order valence-corrected chi connectivity index (χ3v) is 5.25. The highest BCUT2D eigenvalue weighted by atomic mass is 35.5. The molecule has 1 fully saturated rings. The Bertz CT molecular complexity index is 1030. The lowest BCUT2D eigenvalue weighted by Gasteiger charge is -2.18. The number of ether oxygens (including phenoxy) is 1. The van der Waals surface area contributed by atoms with Crippen molar-refractivity contribution in [1.29, 1.82) is 0 Å². The van der Waals surface area contributed by atoms with Crippen molar-refractivity contribution in [3.8, 4) is 5.75 Å². The van der Waals surface area contributed by atoms with E-state index >= 15 is 0 Å². The number of aromatic nitrogens is 2. The third-order valence-electron chi connectivity index (χ3n) is 5.01. The van der Waals surface area contributed by atoms with Crippen LogP contribution in [0.15, 0.2) is 53.1 Å². The van der Waals surface area contributed by atoms with E-state index in [1.807, 2.05) is 44.2 Å². The molecule has 1 unspecified atom stereocenters. The van der Waals surface area contributed by atoms with Crippen LogP contribution in [0.5, 0.6) is 5.75 Å². The molecule has 4 rings (SSSR count). The Balaban J connectivity index is 1.43. The fourth-order valence-corrected chi connectivity index (χ4v) is 3.35. The summed E-state index contributed by atoms with van der Waals surface area (Å²) in [6.45, 7) is 4.39. The smallest absolute Gasteiger partial charge is 0.252 e. The molecule has 2 aromatic carbocycles. The maximum absolute atomic E-state index is 12.9. The molecule has 7 heteroatoms. The van der Waals surface area contributed by atoms with E-state index in [9.17, 15) is 4.79 Å². The monoisotopic (exact) mass is 425 g/mol. The van der Waals surface area contributed by atoms with Crippen LogP contribution in [0.3, 0.4) is 0 Å². The number of halogens is 1. The van der Waals surface area contributed by atoms with E-state index in [0.717, 1.165) is 24.2 Å². The molecule has 156 valence electrons. The molecule has 0 spiro atoms. The van der Waals surface area contributed by atoms with Gasteiger partial charge in [-0.25, -0.2) is 0 Å². The number of hydrogen-bond acceptors (Lipinski definition) is 5. The van der Waals surface area contributed by atoms with E-state index in [1.54, 1.807) is 18.2 Å². The molecule has 0 saturated heterocycles. The zero-order valence-electron chi connectivity index (χ0n) is 17.0. The SMILES string of the molecule is CC(C)C(NC(=O)c1cccc(OCc2cccc(Cl)c2)c1)c1nc(C2CC2)no1. The second kappa shape index (κ2) is 8.88. The maximum Gasteiger partial charge on any atom is 0.252 e. The lowest BCUT2D eigenvalue weighted by atomic mass is 10.0. The molecule has 1 N–H and O–H groups in total. The Morgan fingerprint density at radius 1 is 1.23 bits per heavy atom. The summed E-state index contributed by atoms with van der Waals surface area (Å²) in [4.78, 5) is 17.4. The Hall–Kier alpha value is -2.86. The van der Waals surface area contributed by atoms with Gasteiger partial charge in [0.1, 0.15) is 18.4 Å². The summed E-state index contributed by atoms with van der Waals surface area (Å²) in [6, 6.07) is 14.2. The Labute approximate surface area is 180 Å². The first-order chi connectivity index (χ1) is 14.5. The van der Waals surface area contributed by atoms with Gasteiger partial charge in [-0.3, -0.25) is 4.79 Å². The average molecular weight is 426 g/mol. The van der Waals surface area contributed by atoms with Gasteiger partial charge in [-0.05, 0) is 54.7 Å². The first kappa shape index (κ1) is 20.4. The van der Waals surface area contributed by atoms with Crippen molar-refractivity contribution in [3.63, 3.8) is 0 Å². The summed E-state index contributed by atoms with van der Waals surface area (Å²) < 4.78 is 11.3. The quantitative estimate of drug-likeness (QED) is 0.529. The summed E-state index contributed by atoms with van der Waals surface area (Å²) in [6.07, 6.45) is 2.19. The molecule has 0 bridgehead atoms. The topological polar surface area (TPSA) is 77.2 Å². The average Bonchev–Trinajstić information content (AvgIpc) is 3.48. The van der Waals surface area contributed by atoms with Crippen LogP contribution in [0.2, 0.25) is 5.02 Å². The van der Waals surface area contributed by atoms with E-state index in [2.05, 4.69) is 15.5 Å². The van der Waals surface area contributed by atoms with E-state index in [-0.39, 0.29) is 17.9 Å². The van der Waals surface area contributed by atoms with Gasteiger partial charge in [0.05, 0.1) is 0 Å². The molecule has 1 amide bonds. The lowest BCUT2D eigenvalue weighted by molar-refractivity contribution is 0.0913. The van der Waals surface area contributed by atoms with Gasteiger partial charge >= 0.3 is 0 Å². The van der Waals surface area contributed by atoms with Crippen LogP contribution in [-0.4, -0.2) is 16.0 Å². The summed E-state index contributed by atoms with van der Waals surface area (Å²) in [5.41, 5.74) is 1.46. The van der Waals surface area contributed by atoms with E-state index in [0.29, 0.717) is 34.8 Å². The number of carbonyl (C=O) groups is 1. The van der Waals surface area contributed by atoms with Gasteiger partial charge in [0.2, 0.25) is 5.89 Å². The minimum absolute atomic E-state index is 0.101. The summed E-state index contributed by atoms with van der Waals surface area (Å²) in [5, 5.41) is 7.75. The molecule has 6 nitrogen and oxygen atoms in total. The van der Waals surface area contributed by atoms with Crippen LogP contribution in [-0.2, 0) is 6.61 Å². The summed E-state index contributed by atoms with van der Waals surface area (Å²) >= 11 is 6.01. The first-order valence-electron chi connectivity index (χ1n) is 10.1. The van der Waals surface area contributed by atoms with Gasteiger partial charge in [-0.1, -0.05) is 48.8 Å². The predicted molar refractivity (Wildman–Crippen MR) is 114 cm³/mol. The number of hydrogen-bond donors (Lipinski definition) is 1. The van der Waals surface area contributed by atoms with Crippen molar-refractivity contribution in [2.75, 3.05) is 0 Å². The number of carbonyl (C=O) groups excluding carboxylic acids is 1. The number of nitrogens with one attached hydrogen (secondary N) is 1. The molecule has 1 heterocycles. The zero-order valence-corrected chi connectivity index (χ0v) is 17.7. The summed E-state index contributed by atoms with van der Waals surface area (Å²) in [5.74, 6) is 2.09. The van der Waals surface area contributed by atoms with Gasteiger partial charge < -0.3 is 14.6 Å². The van der Waals surface area contributed by atoms with Crippen LogP contribution in [0, 0.1) is 5.92 Å². The van der Waals surface area contributed by atoms with Gasteiger partial charge in [-0.15, -0.1) is 0 Å². The highest BCUT2D eigenvalue weighted by molar-refractivity contribution is 6.30. The molecule has 3 aromatic rings. The molecule has 0 aliphatic heterocycles. The predicted octanol–water partition coefficient (Wildman–Crippen LogP) is 5.31. The number of rotatable bonds is 8. The largest absolute Gasteiger partial charge is 0.489 e. The Morgan fingerprint density at radius 3 is 2.77 bits per heavy atom. The fraction of sp³-hybridized carbons (Fsp3) is 0.348. The Morgan fingerprint density at radius 2 is 2.03 bits per heavy atom. The second-order valence-corrected chi connectivity index (χ2v) is 8.34. The second-order valence-electron chi connectivity index (χ2n) is 7.91. The van der Waals surface area contributed by atoms with Crippen molar-refractivity contribution in [3.05, 3.63) is 76.4 Å². The minimum atomic E-state index is -0.353. The normalized spacial score (nSPS) is 14.5. The third kappa shape index (κ3) is 5.00. The van der Waals surface area contributed by atoms with E-state index in [1.165, 1.54) is 0 Å². The van der Waals surface area contributed by atoms with Crippen molar-refractivity contribution < 1.29 is 14.1 Å². The van der Waals surface area contributed by atoms with Gasteiger partial charge in [0, 0.05) is 16.5 Å². The zero-order chi connectivity index (χ0) is 21.1. The van der Waals surface area contributed by atoms with Crippen LogP contribution < -0.4 is 10.1 Å². The molecule has 1 aliphatic rings. The van der Waals surface area contributed by atoms with Gasteiger partial charge in [-0.2, -0.15) is 4.98 Å². The van der Waals surface area contributed by atoms with Crippen molar-refractivity contribution in [2.24, 2.45) is 5.92 Å². The van der Waals surface area contributed by atoms with Gasteiger partial charge in [0.25, 0.3) is 5.91 Å². The van der Waals surface area contributed by atoms with Crippen LogP contribution in [0.4, 0.5) is 0 Å². The van der Waals surface area contributed by atoms with Crippen molar-refractivity contribution in [2.45, 2.75) is 45.3 Å². The molecule has 1 aliphatic carbocycles. The minimum Gasteiger partial charge on any atom is -0.489 e. The molecular weight excluding hydrogens is 402 g/mol. The molecule has 1 atom stereocenters. The van der Waals surface area contributed by atoms with E-state index in [4.69, 9.17) is 20.9 Å². The maximum atomic E-state index is 12.9. The van der Waals surface area contributed by atoms with E-state index < -0.39 is 0 Å². The van der Waals surface area contributed by atoms with Crippen molar-refractivity contribution in [1.82, 2.24) is 15.5 Å². The number of nitrogens with zero attached hydrogens (tertiary/aromatic N) is 2. The molecule has 30 heavy (non-hydrogen) atoms.